The second kappa shape index (κ2) is 9.91. The van der Waals surface area contributed by atoms with Crippen LogP contribution in [-0.2, 0) is 13.0 Å². The van der Waals surface area contributed by atoms with Gasteiger partial charge in [0.05, 0.1) is 0 Å². The van der Waals surface area contributed by atoms with Gasteiger partial charge in [0, 0.05) is 31.1 Å². The van der Waals surface area contributed by atoms with E-state index in [-0.39, 0.29) is 11.5 Å². The highest BCUT2D eigenvalue weighted by Gasteiger charge is 2.17. The molecular weight excluding hydrogens is 380 g/mol. The minimum absolute atomic E-state index is 0.0129. The van der Waals surface area contributed by atoms with E-state index in [0.717, 1.165) is 36.2 Å². The van der Waals surface area contributed by atoms with Crippen molar-refractivity contribution in [2.24, 2.45) is 0 Å². The first-order valence-electron chi connectivity index (χ1n) is 10.3. The van der Waals surface area contributed by atoms with Crippen LogP contribution in [0.4, 0.5) is 0 Å². The molecule has 156 valence electrons. The number of unbranched alkanes of at least 4 members (excludes halogenated alkanes) is 1. The summed E-state index contributed by atoms with van der Waals surface area (Å²) in [5.41, 5.74) is 2.41. The average Bonchev–Trinajstić information content (AvgIpc) is 3.15. The molecule has 0 fully saturated rings. The number of hydrogen-bond donors (Lipinski definition) is 1. The van der Waals surface area contributed by atoms with Crippen molar-refractivity contribution in [3.63, 3.8) is 0 Å². The van der Waals surface area contributed by atoms with Crippen LogP contribution in [0, 0.1) is 0 Å². The molecule has 0 radical (unpaired) electrons. The number of Topliss-reactive ketones (excluding diaryl/α,β-unsaturated/α-hetero) is 1. The first kappa shape index (κ1) is 21.4. The number of rotatable bonds is 10. The number of benzene rings is 1. The zero-order valence-electron chi connectivity index (χ0n) is 17.3. The Labute approximate surface area is 175 Å². The normalized spacial score (nSPS) is 10.9. The van der Waals surface area contributed by atoms with E-state index in [1.807, 2.05) is 28.9 Å². The lowest BCUT2D eigenvalue weighted by Gasteiger charge is -2.07. The number of aryl methyl sites for hydroxylation is 1. The highest BCUT2D eigenvalue weighted by atomic mass is 16.4. The SMILES string of the molecule is CCCCC(=O)c1nc(Cc2ccc(-c3cccnc3C(=O)O)cc2)n(CCC)n1. The molecule has 2 heterocycles. The largest absolute Gasteiger partial charge is 0.476 e. The van der Waals surface area contributed by atoms with E-state index in [0.29, 0.717) is 30.8 Å². The smallest absolute Gasteiger partial charge is 0.355 e. The van der Waals surface area contributed by atoms with Gasteiger partial charge in [-0.15, -0.1) is 5.10 Å². The van der Waals surface area contributed by atoms with Crippen molar-refractivity contribution >= 4 is 11.8 Å². The molecular formula is C23H26N4O3. The van der Waals surface area contributed by atoms with Crippen molar-refractivity contribution in [1.82, 2.24) is 19.7 Å². The number of carbonyl (C=O) groups is 2. The molecule has 0 amide bonds. The van der Waals surface area contributed by atoms with Crippen LogP contribution >= 0.6 is 0 Å². The van der Waals surface area contributed by atoms with Crippen LogP contribution in [0.2, 0.25) is 0 Å². The fraction of sp³-hybridized carbons (Fsp3) is 0.348. The third-order valence-electron chi connectivity index (χ3n) is 4.83. The second-order valence-corrected chi connectivity index (χ2v) is 7.18. The summed E-state index contributed by atoms with van der Waals surface area (Å²) in [6.07, 6.45) is 5.19. The van der Waals surface area contributed by atoms with E-state index in [1.165, 1.54) is 6.20 Å². The minimum Gasteiger partial charge on any atom is -0.476 e. The molecule has 3 aromatic rings. The summed E-state index contributed by atoms with van der Waals surface area (Å²) in [5.74, 6) is -0.00859. The Morgan fingerprint density at radius 3 is 2.50 bits per heavy atom. The van der Waals surface area contributed by atoms with Gasteiger partial charge in [-0.3, -0.25) is 4.79 Å². The van der Waals surface area contributed by atoms with Gasteiger partial charge in [0.25, 0.3) is 0 Å². The van der Waals surface area contributed by atoms with Gasteiger partial charge < -0.3 is 5.11 Å². The second-order valence-electron chi connectivity index (χ2n) is 7.18. The number of pyridine rings is 1. The average molecular weight is 406 g/mol. The fourth-order valence-corrected chi connectivity index (χ4v) is 3.26. The molecule has 0 unspecified atom stereocenters. The number of aromatic nitrogens is 4. The first-order chi connectivity index (χ1) is 14.5. The fourth-order valence-electron chi connectivity index (χ4n) is 3.26. The summed E-state index contributed by atoms with van der Waals surface area (Å²) in [7, 11) is 0. The highest BCUT2D eigenvalue weighted by Crippen LogP contribution is 2.23. The summed E-state index contributed by atoms with van der Waals surface area (Å²) in [4.78, 5) is 32.2. The van der Waals surface area contributed by atoms with E-state index in [1.54, 1.807) is 12.1 Å². The first-order valence-corrected chi connectivity index (χ1v) is 10.3. The van der Waals surface area contributed by atoms with E-state index in [2.05, 4.69) is 28.9 Å². The van der Waals surface area contributed by atoms with Gasteiger partial charge in [-0.25, -0.2) is 19.4 Å². The van der Waals surface area contributed by atoms with Gasteiger partial charge >= 0.3 is 5.97 Å². The molecule has 0 atom stereocenters. The van der Waals surface area contributed by atoms with Crippen LogP contribution in [0.5, 0.6) is 0 Å². The number of hydrogen-bond acceptors (Lipinski definition) is 5. The molecule has 0 aliphatic rings. The standard InChI is InChI=1S/C23H26N4O3/c1-3-5-8-19(28)22-25-20(27(26-22)14-4-2)15-16-9-11-17(12-10-16)18-7-6-13-24-21(18)23(29)30/h6-7,9-13H,3-5,8,14-15H2,1-2H3,(H,29,30). The number of ketones is 1. The minimum atomic E-state index is -1.05. The lowest BCUT2D eigenvalue weighted by atomic mass is 10.0. The topological polar surface area (TPSA) is 98.0 Å². The Bertz CT molecular complexity index is 1030. The lowest BCUT2D eigenvalue weighted by Crippen LogP contribution is -2.06. The summed E-state index contributed by atoms with van der Waals surface area (Å²) >= 11 is 0. The van der Waals surface area contributed by atoms with Crippen LogP contribution in [0.25, 0.3) is 11.1 Å². The maximum atomic E-state index is 12.3. The molecule has 1 N–H and O–H groups in total. The van der Waals surface area contributed by atoms with Gasteiger partial charge in [0.1, 0.15) is 5.82 Å². The third-order valence-corrected chi connectivity index (χ3v) is 4.83. The lowest BCUT2D eigenvalue weighted by molar-refractivity contribution is 0.0691. The zero-order chi connectivity index (χ0) is 21.5. The zero-order valence-corrected chi connectivity index (χ0v) is 17.3. The summed E-state index contributed by atoms with van der Waals surface area (Å²) in [6.45, 7) is 4.82. The monoisotopic (exact) mass is 406 g/mol. The Hall–Kier alpha value is -3.35. The van der Waals surface area contributed by atoms with E-state index < -0.39 is 5.97 Å². The quantitative estimate of drug-likeness (QED) is 0.501. The predicted octanol–water partition coefficient (Wildman–Crippen LogP) is 4.41. The van der Waals surface area contributed by atoms with Crippen LogP contribution < -0.4 is 0 Å². The molecule has 0 spiro atoms. The summed E-state index contributed by atoms with van der Waals surface area (Å²) in [6, 6.07) is 11.1. The van der Waals surface area contributed by atoms with E-state index >= 15 is 0 Å². The maximum Gasteiger partial charge on any atom is 0.355 e. The Morgan fingerprint density at radius 1 is 1.07 bits per heavy atom. The number of aromatic carboxylic acids is 1. The molecule has 0 aliphatic heterocycles. The van der Waals surface area contributed by atoms with Gasteiger partial charge in [0.2, 0.25) is 11.6 Å². The molecule has 0 aliphatic carbocycles. The molecule has 0 bridgehead atoms. The van der Waals surface area contributed by atoms with Gasteiger partial charge in [-0.1, -0.05) is 50.6 Å². The van der Waals surface area contributed by atoms with Crippen molar-refractivity contribution in [3.05, 3.63) is 65.5 Å². The molecule has 3 rings (SSSR count). The predicted molar refractivity (Wildman–Crippen MR) is 114 cm³/mol. The molecule has 7 heteroatoms. The third kappa shape index (κ3) is 4.97. The Balaban J connectivity index is 1.82. The molecule has 7 nitrogen and oxygen atoms in total. The summed E-state index contributed by atoms with van der Waals surface area (Å²) < 4.78 is 1.82. The molecule has 0 saturated carbocycles. The van der Waals surface area contributed by atoms with Gasteiger partial charge in [-0.05, 0) is 30.0 Å². The maximum absolute atomic E-state index is 12.3. The molecule has 2 aromatic heterocycles. The van der Waals surface area contributed by atoms with Crippen LogP contribution in [0.15, 0.2) is 42.6 Å². The van der Waals surface area contributed by atoms with Gasteiger partial charge in [-0.2, -0.15) is 0 Å². The molecule has 1 aromatic carbocycles. The Kier molecular flexibility index (Phi) is 7.06. The van der Waals surface area contributed by atoms with Crippen LogP contribution in [0.3, 0.4) is 0 Å². The van der Waals surface area contributed by atoms with Crippen molar-refractivity contribution < 1.29 is 14.7 Å². The van der Waals surface area contributed by atoms with Crippen molar-refractivity contribution in [1.29, 1.82) is 0 Å². The summed E-state index contributed by atoms with van der Waals surface area (Å²) in [5, 5.41) is 13.8. The van der Waals surface area contributed by atoms with Crippen molar-refractivity contribution in [3.8, 4) is 11.1 Å². The van der Waals surface area contributed by atoms with Gasteiger partial charge in [0.15, 0.2) is 5.69 Å². The Morgan fingerprint density at radius 2 is 1.83 bits per heavy atom. The van der Waals surface area contributed by atoms with Crippen LogP contribution in [-0.4, -0.2) is 36.6 Å². The number of carboxylic acid groups (broad SMARTS) is 1. The number of carbonyl (C=O) groups excluding carboxylic acids is 1. The van der Waals surface area contributed by atoms with E-state index in [4.69, 9.17) is 0 Å². The van der Waals surface area contributed by atoms with Crippen LogP contribution in [0.1, 0.15) is 72.0 Å². The number of carboxylic acids is 1. The molecule has 30 heavy (non-hydrogen) atoms. The molecule has 0 saturated heterocycles. The van der Waals surface area contributed by atoms with E-state index in [9.17, 15) is 14.7 Å². The van der Waals surface area contributed by atoms with Crippen molar-refractivity contribution in [2.75, 3.05) is 0 Å². The highest BCUT2D eigenvalue weighted by molar-refractivity contribution is 5.94. The number of nitrogens with zero attached hydrogens (tertiary/aromatic N) is 4. The van der Waals surface area contributed by atoms with Crippen molar-refractivity contribution in [2.45, 2.75) is 52.5 Å².